The lowest BCUT2D eigenvalue weighted by Crippen LogP contribution is -2.14. The number of hydrogen-bond donors (Lipinski definition) is 3. The van der Waals surface area contributed by atoms with E-state index in [-0.39, 0.29) is 30.0 Å². The second-order valence-corrected chi connectivity index (χ2v) is 5.77. The van der Waals surface area contributed by atoms with Gasteiger partial charge in [0.15, 0.2) is 5.13 Å². The van der Waals surface area contributed by atoms with E-state index in [0.717, 1.165) is 11.8 Å². The average Bonchev–Trinajstić information content (AvgIpc) is 3.06. The standard InChI is InChI=1S/C11H14N6O3S2/c1-2-20-8(19)3-6-4-21-10(13-6)14-7(18)5-22-11-15-9(12)16-17-11/h4H,2-3,5H2,1H3,(H,13,14,18)(H3,12,15,16,17). The molecule has 2 heterocycles. The molecule has 11 heteroatoms. The fourth-order valence-corrected chi connectivity index (χ4v) is 2.75. The number of esters is 1. The van der Waals surface area contributed by atoms with E-state index < -0.39 is 0 Å². The van der Waals surface area contributed by atoms with Crippen molar-refractivity contribution >= 4 is 46.1 Å². The van der Waals surface area contributed by atoms with Crippen molar-refractivity contribution in [1.82, 2.24) is 20.2 Å². The third-order valence-corrected chi connectivity index (χ3v) is 3.90. The number of nitrogens with zero attached hydrogens (tertiary/aromatic N) is 3. The number of thioether (sulfide) groups is 1. The molecule has 9 nitrogen and oxygen atoms in total. The Bertz CT molecular complexity index is 656. The first-order valence-corrected chi connectivity index (χ1v) is 8.14. The Balaban J connectivity index is 1.79. The van der Waals surface area contributed by atoms with E-state index >= 15 is 0 Å². The Morgan fingerprint density at radius 1 is 1.50 bits per heavy atom. The molecule has 2 aromatic heterocycles. The summed E-state index contributed by atoms with van der Waals surface area (Å²) in [6.45, 7) is 2.07. The predicted molar refractivity (Wildman–Crippen MR) is 82.6 cm³/mol. The molecule has 0 aliphatic heterocycles. The van der Waals surface area contributed by atoms with Crippen LogP contribution in [0.2, 0.25) is 0 Å². The normalized spacial score (nSPS) is 10.4. The number of carbonyl (C=O) groups excluding carboxylic acids is 2. The fraction of sp³-hybridized carbons (Fsp3) is 0.364. The first kappa shape index (κ1) is 16.2. The number of nitrogens with two attached hydrogens (primary N) is 1. The summed E-state index contributed by atoms with van der Waals surface area (Å²) >= 11 is 2.40. The molecule has 118 valence electrons. The molecule has 0 unspecified atom stereocenters. The molecule has 0 fully saturated rings. The maximum absolute atomic E-state index is 11.8. The van der Waals surface area contributed by atoms with E-state index in [4.69, 9.17) is 10.5 Å². The molecule has 1 amide bonds. The number of aromatic amines is 1. The largest absolute Gasteiger partial charge is 0.466 e. The highest BCUT2D eigenvalue weighted by Gasteiger charge is 2.11. The summed E-state index contributed by atoms with van der Waals surface area (Å²) in [5.74, 6) is -0.260. The molecule has 0 radical (unpaired) electrons. The first-order chi connectivity index (χ1) is 10.6. The number of nitrogens with one attached hydrogen (secondary N) is 2. The van der Waals surface area contributed by atoms with Crippen molar-refractivity contribution in [3.05, 3.63) is 11.1 Å². The van der Waals surface area contributed by atoms with Gasteiger partial charge in [0.25, 0.3) is 0 Å². The molecule has 2 rings (SSSR count). The van der Waals surface area contributed by atoms with Crippen LogP contribution in [0.15, 0.2) is 10.5 Å². The quantitative estimate of drug-likeness (QED) is 0.493. The molecule has 2 aromatic rings. The Hall–Kier alpha value is -2.14. The van der Waals surface area contributed by atoms with E-state index in [2.05, 4.69) is 25.5 Å². The van der Waals surface area contributed by atoms with Gasteiger partial charge in [-0.15, -0.1) is 16.4 Å². The second kappa shape index (κ2) is 7.75. The number of aromatic nitrogens is 4. The number of amides is 1. The molecule has 0 aromatic carbocycles. The number of ether oxygens (including phenoxy) is 1. The van der Waals surface area contributed by atoms with Gasteiger partial charge in [0.1, 0.15) is 0 Å². The van der Waals surface area contributed by atoms with Crippen LogP contribution in [0.5, 0.6) is 0 Å². The van der Waals surface area contributed by atoms with Crippen LogP contribution in [0.25, 0.3) is 0 Å². The molecule has 0 aliphatic rings. The molecular weight excluding hydrogens is 328 g/mol. The van der Waals surface area contributed by atoms with Gasteiger partial charge >= 0.3 is 5.97 Å². The number of nitrogen functional groups attached to an aromatic ring is 1. The molecule has 0 aliphatic carbocycles. The van der Waals surface area contributed by atoms with Gasteiger partial charge in [-0.2, -0.15) is 4.98 Å². The van der Waals surface area contributed by atoms with E-state index in [1.54, 1.807) is 12.3 Å². The van der Waals surface area contributed by atoms with E-state index in [9.17, 15) is 9.59 Å². The van der Waals surface area contributed by atoms with Gasteiger partial charge in [-0.05, 0) is 6.92 Å². The average molecular weight is 342 g/mol. The Morgan fingerprint density at radius 2 is 2.32 bits per heavy atom. The zero-order valence-electron chi connectivity index (χ0n) is 11.7. The van der Waals surface area contributed by atoms with E-state index in [1.807, 2.05) is 0 Å². The molecule has 22 heavy (non-hydrogen) atoms. The van der Waals surface area contributed by atoms with Crippen LogP contribution < -0.4 is 11.1 Å². The zero-order valence-corrected chi connectivity index (χ0v) is 13.3. The third kappa shape index (κ3) is 5.00. The Labute approximate surface area is 134 Å². The van der Waals surface area contributed by atoms with Crippen molar-refractivity contribution in [2.75, 3.05) is 23.4 Å². The topological polar surface area (TPSA) is 136 Å². The van der Waals surface area contributed by atoms with Crippen molar-refractivity contribution < 1.29 is 14.3 Å². The molecule has 0 saturated carbocycles. The second-order valence-electron chi connectivity index (χ2n) is 3.97. The lowest BCUT2D eigenvalue weighted by atomic mass is 10.3. The highest BCUT2D eigenvalue weighted by Crippen LogP contribution is 2.18. The summed E-state index contributed by atoms with van der Waals surface area (Å²) in [6.07, 6.45) is 0.0887. The van der Waals surface area contributed by atoms with E-state index in [1.165, 1.54) is 11.3 Å². The maximum Gasteiger partial charge on any atom is 0.311 e. The minimum absolute atomic E-state index is 0.0887. The summed E-state index contributed by atoms with van der Waals surface area (Å²) < 4.78 is 4.83. The lowest BCUT2D eigenvalue weighted by Gasteiger charge is -2.00. The Kier molecular flexibility index (Phi) is 5.72. The van der Waals surface area contributed by atoms with E-state index in [0.29, 0.717) is 22.6 Å². The maximum atomic E-state index is 11.8. The van der Waals surface area contributed by atoms with Crippen LogP contribution in [-0.2, 0) is 20.7 Å². The van der Waals surface area contributed by atoms with Crippen molar-refractivity contribution in [3.63, 3.8) is 0 Å². The van der Waals surface area contributed by atoms with Crippen LogP contribution in [0.4, 0.5) is 11.1 Å². The van der Waals surface area contributed by atoms with Crippen LogP contribution in [0.1, 0.15) is 12.6 Å². The van der Waals surface area contributed by atoms with Crippen LogP contribution in [-0.4, -0.2) is 44.4 Å². The number of anilines is 2. The number of carbonyl (C=O) groups is 2. The van der Waals surface area contributed by atoms with Crippen molar-refractivity contribution in [2.24, 2.45) is 0 Å². The highest BCUT2D eigenvalue weighted by atomic mass is 32.2. The van der Waals surface area contributed by atoms with Gasteiger partial charge < -0.3 is 15.8 Å². The summed E-state index contributed by atoms with van der Waals surface area (Å²) in [5, 5.41) is 11.5. The van der Waals surface area contributed by atoms with Gasteiger partial charge in [-0.3, -0.25) is 9.59 Å². The van der Waals surface area contributed by atoms with Gasteiger partial charge in [0.2, 0.25) is 17.0 Å². The van der Waals surface area contributed by atoms with Crippen LogP contribution in [0, 0.1) is 0 Å². The lowest BCUT2D eigenvalue weighted by molar-refractivity contribution is -0.142. The number of H-pyrrole nitrogens is 1. The van der Waals surface area contributed by atoms with Crippen molar-refractivity contribution in [3.8, 4) is 0 Å². The predicted octanol–water partition coefficient (Wildman–Crippen LogP) is 0.680. The third-order valence-electron chi connectivity index (χ3n) is 2.24. The zero-order chi connectivity index (χ0) is 15.9. The van der Waals surface area contributed by atoms with Crippen molar-refractivity contribution in [1.29, 1.82) is 0 Å². The molecule has 0 saturated heterocycles. The SMILES string of the molecule is CCOC(=O)Cc1csc(NC(=O)CSc2n[nH]c(N)n2)n1. The Morgan fingerprint density at radius 3 is 3.00 bits per heavy atom. The molecule has 0 bridgehead atoms. The summed E-state index contributed by atoms with van der Waals surface area (Å²) in [6, 6.07) is 0. The van der Waals surface area contributed by atoms with Crippen LogP contribution in [0.3, 0.4) is 0 Å². The molecule has 0 spiro atoms. The number of rotatable bonds is 7. The van der Waals surface area contributed by atoms with Gasteiger partial charge in [0.05, 0.1) is 24.5 Å². The monoisotopic (exact) mass is 342 g/mol. The molecule has 0 atom stereocenters. The van der Waals surface area contributed by atoms with Crippen molar-refractivity contribution in [2.45, 2.75) is 18.5 Å². The smallest absolute Gasteiger partial charge is 0.311 e. The molecular formula is C11H14N6O3S2. The summed E-state index contributed by atoms with van der Waals surface area (Å²) in [5.41, 5.74) is 5.95. The minimum Gasteiger partial charge on any atom is -0.466 e. The number of hydrogen-bond acceptors (Lipinski definition) is 9. The fourth-order valence-electron chi connectivity index (χ4n) is 1.41. The van der Waals surface area contributed by atoms with Gasteiger partial charge in [-0.1, -0.05) is 11.8 Å². The van der Waals surface area contributed by atoms with Gasteiger partial charge in [0, 0.05) is 5.38 Å². The van der Waals surface area contributed by atoms with Gasteiger partial charge in [-0.25, -0.2) is 10.1 Å². The summed E-state index contributed by atoms with van der Waals surface area (Å²) in [4.78, 5) is 31.1. The first-order valence-electron chi connectivity index (χ1n) is 6.27. The summed E-state index contributed by atoms with van der Waals surface area (Å²) in [7, 11) is 0. The highest BCUT2D eigenvalue weighted by molar-refractivity contribution is 7.99. The molecule has 4 N–H and O–H groups in total. The van der Waals surface area contributed by atoms with Crippen LogP contribution >= 0.6 is 23.1 Å². The number of thiazole rings is 1. The minimum atomic E-state index is -0.344.